The Morgan fingerprint density at radius 2 is 1.91 bits per heavy atom. The number of nitrogens with zero attached hydrogens (tertiary/aromatic N) is 1. The van der Waals surface area contributed by atoms with Gasteiger partial charge < -0.3 is 0 Å². The number of hydrogen-bond donors (Lipinski definition) is 1. The molecule has 1 atom stereocenters. The first kappa shape index (κ1) is 24.8. The van der Waals surface area contributed by atoms with Crippen molar-refractivity contribution in [2.45, 2.75) is 31.9 Å². The highest BCUT2D eigenvalue weighted by atomic mass is 32.2. The van der Waals surface area contributed by atoms with Crippen LogP contribution in [0, 0.1) is 5.82 Å². The fraction of sp³-hybridized carbons (Fsp3) is 0.273. The molecule has 176 valence electrons. The van der Waals surface area contributed by atoms with Crippen LogP contribution in [0.4, 0.5) is 23.2 Å². The highest BCUT2D eigenvalue weighted by molar-refractivity contribution is 7.92. The van der Waals surface area contributed by atoms with Gasteiger partial charge in [-0.05, 0) is 47.2 Å². The second-order valence-corrected chi connectivity index (χ2v) is 10.2. The molecular formula is C22H20F4N2O3S2. The molecule has 2 aromatic heterocycles. The zero-order chi connectivity index (χ0) is 24.4. The van der Waals surface area contributed by atoms with Crippen LogP contribution in [0.1, 0.15) is 36.1 Å². The van der Waals surface area contributed by atoms with E-state index in [0.29, 0.717) is 16.0 Å². The van der Waals surface area contributed by atoms with E-state index in [1.165, 1.54) is 29.5 Å². The molecule has 1 unspecified atom stereocenters. The summed E-state index contributed by atoms with van der Waals surface area (Å²) < 4.78 is 78.3. The highest BCUT2D eigenvalue weighted by Gasteiger charge is 2.33. The molecule has 1 N–H and O–H groups in total. The van der Waals surface area contributed by atoms with Crippen LogP contribution in [0.3, 0.4) is 0 Å². The Labute approximate surface area is 192 Å². The molecule has 0 radical (unpaired) electrons. The van der Waals surface area contributed by atoms with Crippen LogP contribution in [0.2, 0.25) is 0 Å². The lowest BCUT2D eigenvalue weighted by atomic mass is 9.92. The van der Waals surface area contributed by atoms with E-state index in [0.717, 1.165) is 18.4 Å². The normalized spacial score (nSPS) is 13.0. The predicted octanol–water partition coefficient (Wildman–Crippen LogP) is 5.64. The summed E-state index contributed by atoms with van der Waals surface area (Å²) in [4.78, 5) is 17.1. The lowest BCUT2D eigenvalue weighted by Crippen LogP contribution is -2.14. The summed E-state index contributed by atoms with van der Waals surface area (Å²) in [5, 5.41) is 1.73. The largest absolute Gasteiger partial charge is 0.433 e. The van der Waals surface area contributed by atoms with Crippen LogP contribution in [0.25, 0.3) is 10.6 Å². The summed E-state index contributed by atoms with van der Waals surface area (Å²) in [5.41, 5.74) is -0.182. The van der Waals surface area contributed by atoms with Crippen molar-refractivity contribution in [3.8, 4) is 10.6 Å². The minimum absolute atomic E-state index is 0.0115. The molecule has 5 nitrogen and oxygen atoms in total. The van der Waals surface area contributed by atoms with Gasteiger partial charge in [0.2, 0.25) is 10.0 Å². The van der Waals surface area contributed by atoms with E-state index in [1.807, 2.05) is 0 Å². The van der Waals surface area contributed by atoms with Crippen LogP contribution < -0.4 is 4.72 Å². The van der Waals surface area contributed by atoms with E-state index < -0.39 is 33.6 Å². The molecule has 0 saturated carbocycles. The molecule has 0 saturated heterocycles. The first-order chi connectivity index (χ1) is 15.3. The van der Waals surface area contributed by atoms with E-state index in [1.54, 1.807) is 24.4 Å². The quantitative estimate of drug-likeness (QED) is 0.406. The fourth-order valence-electron chi connectivity index (χ4n) is 3.22. The van der Waals surface area contributed by atoms with Crippen molar-refractivity contribution in [2.24, 2.45) is 0 Å². The van der Waals surface area contributed by atoms with Crippen molar-refractivity contribution in [1.29, 1.82) is 0 Å². The average Bonchev–Trinajstić information content (AvgIpc) is 3.26. The van der Waals surface area contributed by atoms with Crippen molar-refractivity contribution in [3.05, 3.63) is 70.5 Å². The second-order valence-electron chi connectivity index (χ2n) is 7.48. The molecule has 0 aliphatic rings. The molecular weight excluding hydrogens is 480 g/mol. The highest BCUT2D eigenvalue weighted by Crippen LogP contribution is 2.33. The number of alkyl halides is 3. The molecule has 3 aromatic rings. The van der Waals surface area contributed by atoms with Gasteiger partial charge in [0, 0.05) is 12.3 Å². The molecule has 33 heavy (non-hydrogen) atoms. The van der Waals surface area contributed by atoms with Gasteiger partial charge in [-0.2, -0.15) is 13.2 Å². The van der Waals surface area contributed by atoms with Crippen LogP contribution in [0.5, 0.6) is 0 Å². The Bertz CT molecular complexity index is 1260. The molecule has 0 amide bonds. The lowest BCUT2D eigenvalue weighted by Gasteiger charge is -2.14. The van der Waals surface area contributed by atoms with E-state index in [4.69, 9.17) is 0 Å². The number of halogens is 4. The number of Topliss-reactive ketones (excluding diaryl/α,β-unsaturated/α-hetero) is 1. The number of carbonyl (C=O) groups is 1. The minimum atomic E-state index is -4.59. The summed E-state index contributed by atoms with van der Waals surface area (Å²) in [6.45, 7) is 1.59. The Hall–Kier alpha value is -2.79. The molecule has 3 rings (SSSR count). The molecule has 11 heteroatoms. The first-order valence-electron chi connectivity index (χ1n) is 9.76. The number of rotatable bonds is 8. The topological polar surface area (TPSA) is 76.1 Å². The molecule has 0 aliphatic heterocycles. The Balaban J connectivity index is 1.77. The summed E-state index contributed by atoms with van der Waals surface area (Å²) in [7, 11) is -3.66. The second kappa shape index (κ2) is 9.60. The number of thiophene rings is 1. The number of anilines is 1. The number of aromatic nitrogens is 1. The average molecular weight is 501 g/mol. The van der Waals surface area contributed by atoms with Gasteiger partial charge in [-0.1, -0.05) is 25.1 Å². The van der Waals surface area contributed by atoms with Crippen LogP contribution >= 0.6 is 11.3 Å². The van der Waals surface area contributed by atoms with Gasteiger partial charge >= 0.3 is 6.18 Å². The number of ketones is 1. The van der Waals surface area contributed by atoms with Crippen LogP contribution in [0.15, 0.2) is 47.8 Å². The smallest absolute Gasteiger partial charge is 0.299 e. The summed E-state index contributed by atoms with van der Waals surface area (Å²) in [6.07, 6.45) is -3.51. The third kappa shape index (κ3) is 6.38. The number of sulfonamides is 1. The number of pyridine rings is 1. The third-order valence-corrected chi connectivity index (χ3v) is 6.40. The number of hydrogen-bond acceptors (Lipinski definition) is 5. The fourth-order valence-corrected chi connectivity index (χ4v) is 4.53. The zero-order valence-electron chi connectivity index (χ0n) is 17.6. The van der Waals surface area contributed by atoms with Crippen molar-refractivity contribution in [1.82, 2.24) is 4.98 Å². The van der Waals surface area contributed by atoms with E-state index in [9.17, 15) is 30.8 Å². The van der Waals surface area contributed by atoms with Gasteiger partial charge in [0.15, 0.2) is 0 Å². The monoisotopic (exact) mass is 500 g/mol. The van der Waals surface area contributed by atoms with E-state index in [-0.39, 0.29) is 30.0 Å². The number of nitrogens with one attached hydrogen (secondary N) is 1. The molecule has 0 fully saturated rings. The number of aryl methyl sites for hydroxylation is 1. The van der Waals surface area contributed by atoms with Crippen molar-refractivity contribution >= 4 is 32.8 Å². The van der Waals surface area contributed by atoms with Crippen LogP contribution in [-0.2, 0) is 27.4 Å². The minimum Gasteiger partial charge on any atom is -0.299 e. The SMILES string of the molecule is CC(C(=O)CCc1ccc(C(F)(F)F)nc1-c1cccs1)c1ccc(NS(C)(=O)=O)c(F)c1. The summed E-state index contributed by atoms with van der Waals surface area (Å²) >= 11 is 1.25. The number of benzene rings is 1. The molecule has 0 aliphatic carbocycles. The Kier molecular flexibility index (Phi) is 7.23. The predicted molar refractivity (Wildman–Crippen MR) is 119 cm³/mol. The van der Waals surface area contributed by atoms with Crippen LogP contribution in [-0.4, -0.2) is 25.4 Å². The zero-order valence-corrected chi connectivity index (χ0v) is 19.2. The maximum atomic E-state index is 14.3. The van der Waals surface area contributed by atoms with Gasteiger partial charge in [0.05, 0.1) is 22.5 Å². The van der Waals surface area contributed by atoms with Gasteiger partial charge in [0.25, 0.3) is 0 Å². The molecule has 0 spiro atoms. The third-order valence-electron chi connectivity index (χ3n) is 4.94. The van der Waals surface area contributed by atoms with E-state index >= 15 is 0 Å². The maximum Gasteiger partial charge on any atom is 0.433 e. The van der Waals surface area contributed by atoms with Gasteiger partial charge in [-0.15, -0.1) is 11.3 Å². The summed E-state index contributed by atoms with van der Waals surface area (Å²) in [6, 6.07) is 9.37. The Morgan fingerprint density at radius 3 is 2.48 bits per heavy atom. The molecule has 0 bridgehead atoms. The summed E-state index contributed by atoms with van der Waals surface area (Å²) in [5.74, 6) is -1.75. The van der Waals surface area contributed by atoms with Gasteiger partial charge in [0.1, 0.15) is 17.3 Å². The Morgan fingerprint density at radius 1 is 1.18 bits per heavy atom. The first-order valence-corrected chi connectivity index (χ1v) is 12.5. The molecule has 1 aromatic carbocycles. The van der Waals surface area contributed by atoms with Crippen molar-refractivity contribution in [3.63, 3.8) is 0 Å². The van der Waals surface area contributed by atoms with Gasteiger partial charge in [-0.3, -0.25) is 9.52 Å². The standard InChI is InChI=1S/C22H20F4N2O3S2/c1-13(15-5-8-17(16(23)12-15)28-33(2,30)31)18(29)9-6-14-7-10-20(22(24,25)26)27-21(14)19-4-3-11-32-19/h3-5,7-8,10-13,28H,6,9H2,1-2H3. The lowest BCUT2D eigenvalue weighted by molar-refractivity contribution is -0.141. The molecule has 2 heterocycles. The van der Waals surface area contributed by atoms with E-state index in [2.05, 4.69) is 9.71 Å². The van der Waals surface area contributed by atoms with Crippen molar-refractivity contribution < 1.29 is 30.8 Å². The van der Waals surface area contributed by atoms with Crippen molar-refractivity contribution in [2.75, 3.05) is 11.0 Å². The van der Waals surface area contributed by atoms with Gasteiger partial charge in [-0.25, -0.2) is 17.8 Å². The maximum absolute atomic E-state index is 14.3. The number of carbonyl (C=O) groups excluding carboxylic acids is 1.